The van der Waals surface area contributed by atoms with Gasteiger partial charge in [-0.1, -0.05) is 36.7 Å². The summed E-state index contributed by atoms with van der Waals surface area (Å²) >= 11 is 9.79. The van der Waals surface area contributed by atoms with Gasteiger partial charge >= 0.3 is 0 Å². The monoisotopic (exact) mass is 574 g/mol. The number of carbonyl (C=O) groups is 1. The van der Waals surface area contributed by atoms with E-state index in [-0.39, 0.29) is 12.5 Å². The number of nitrogens with zero attached hydrogens (tertiary/aromatic N) is 1. The Kier molecular flexibility index (Phi) is 10.5. The average molecular weight is 576 g/mol. The van der Waals surface area contributed by atoms with E-state index in [0.29, 0.717) is 56.8 Å². The third kappa shape index (κ3) is 7.38. The van der Waals surface area contributed by atoms with Crippen LogP contribution in [0, 0.1) is 0 Å². The Labute approximate surface area is 224 Å². The maximum Gasteiger partial charge on any atom is 0.271 e. The molecule has 3 aromatic rings. The first-order valence-electron chi connectivity index (χ1n) is 11.4. The van der Waals surface area contributed by atoms with Crippen LogP contribution in [0.4, 0.5) is 0 Å². The second kappa shape index (κ2) is 13.8. The molecule has 0 heterocycles. The number of rotatable bonds is 12. The highest BCUT2D eigenvalue weighted by Crippen LogP contribution is 2.37. The van der Waals surface area contributed by atoms with Crippen molar-refractivity contribution in [3.8, 4) is 23.0 Å². The highest BCUT2D eigenvalue weighted by molar-refractivity contribution is 9.10. The van der Waals surface area contributed by atoms with Crippen LogP contribution in [-0.4, -0.2) is 32.4 Å². The first-order valence-corrected chi connectivity index (χ1v) is 12.6. The van der Waals surface area contributed by atoms with E-state index in [1.165, 1.54) is 13.3 Å². The van der Waals surface area contributed by atoms with Crippen molar-refractivity contribution in [3.63, 3.8) is 0 Å². The fraction of sp³-hybridized carbons (Fsp3) is 0.259. The molecule has 0 saturated heterocycles. The zero-order valence-corrected chi connectivity index (χ0v) is 22.7. The van der Waals surface area contributed by atoms with Crippen molar-refractivity contribution in [2.75, 3.05) is 20.3 Å². The molecule has 3 aromatic carbocycles. The smallest absolute Gasteiger partial charge is 0.271 e. The second-order valence-electron chi connectivity index (χ2n) is 7.56. The quantitative estimate of drug-likeness (QED) is 0.193. The fourth-order valence-corrected chi connectivity index (χ4v) is 3.97. The Morgan fingerprint density at radius 3 is 2.56 bits per heavy atom. The van der Waals surface area contributed by atoms with Gasteiger partial charge in [0.15, 0.2) is 23.0 Å². The van der Waals surface area contributed by atoms with Crippen molar-refractivity contribution < 1.29 is 23.7 Å². The molecule has 0 spiro atoms. The van der Waals surface area contributed by atoms with E-state index in [2.05, 4.69) is 26.5 Å². The number of halogens is 2. The second-order valence-corrected chi connectivity index (χ2v) is 8.82. The number of methoxy groups -OCH3 is 1. The van der Waals surface area contributed by atoms with Gasteiger partial charge in [-0.25, -0.2) is 5.43 Å². The van der Waals surface area contributed by atoms with Crippen molar-refractivity contribution in [1.82, 2.24) is 5.43 Å². The summed E-state index contributed by atoms with van der Waals surface area (Å²) < 4.78 is 23.4. The van der Waals surface area contributed by atoms with Crippen LogP contribution < -0.4 is 24.4 Å². The minimum Gasteiger partial charge on any atom is -0.493 e. The molecule has 36 heavy (non-hydrogen) atoms. The number of hydrogen-bond acceptors (Lipinski definition) is 6. The number of nitrogens with one attached hydrogen (secondary N) is 1. The molecule has 9 heteroatoms. The first kappa shape index (κ1) is 27.4. The van der Waals surface area contributed by atoms with Crippen LogP contribution in [0.25, 0.3) is 0 Å². The summed E-state index contributed by atoms with van der Waals surface area (Å²) in [7, 11) is 1.53. The van der Waals surface area contributed by atoms with E-state index < -0.39 is 0 Å². The molecular weight excluding hydrogens is 548 g/mol. The summed E-state index contributed by atoms with van der Waals surface area (Å²) in [6, 6.07) is 16.1. The lowest BCUT2D eigenvalue weighted by Crippen LogP contribution is -2.17. The molecule has 190 valence electrons. The van der Waals surface area contributed by atoms with Crippen molar-refractivity contribution in [2.24, 2.45) is 5.10 Å². The summed E-state index contributed by atoms with van der Waals surface area (Å²) in [4.78, 5) is 12.6. The Balaban J connectivity index is 1.71. The SMILES string of the molecule is CCCOc1ccc(C(=O)N/N=C/c2cc(Br)c(OCc3ccccc3Cl)c(OCC)c2)cc1OC. The van der Waals surface area contributed by atoms with Gasteiger partial charge in [0.1, 0.15) is 6.61 Å². The molecule has 0 bridgehead atoms. The average Bonchev–Trinajstić information content (AvgIpc) is 2.88. The van der Waals surface area contributed by atoms with E-state index >= 15 is 0 Å². The van der Waals surface area contributed by atoms with Gasteiger partial charge in [-0.3, -0.25) is 4.79 Å². The minimum absolute atomic E-state index is 0.285. The molecule has 1 N–H and O–H groups in total. The van der Waals surface area contributed by atoms with Crippen molar-refractivity contribution >= 4 is 39.7 Å². The first-order chi connectivity index (χ1) is 17.5. The van der Waals surface area contributed by atoms with E-state index in [9.17, 15) is 4.79 Å². The van der Waals surface area contributed by atoms with Gasteiger partial charge < -0.3 is 18.9 Å². The molecule has 0 aliphatic rings. The molecule has 0 fully saturated rings. The normalized spacial score (nSPS) is 10.8. The van der Waals surface area contributed by atoms with Gasteiger partial charge in [0.2, 0.25) is 0 Å². The zero-order chi connectivity index (χ0) is 25.9. The fourth-order valence-electron chi connectivity index (χ4n) is 3.20. The van der Waals surface area contributed by atoms with Crippen LogP contribution >= 0.6 is 27.5 Å². The van der Waals surface area contributed by atoms with Crippen molar-refractivity contribution in [1.29, 1.82) is 0 Å². The van der Waals surface area contributed by atoms with Crippen LogP contribution in [-0.2, 0) is 6.61 Å². The molecule has 7 nitrogen and oxygen atoms in total. The number of ether oxygens (including phenoxy) is 4. The standard InChI is InChI=1S/C27H28BrClN2O5/c1-4-12-35-23-11-10-19(15-24(23)33-3)27(32)31-30-16-18-13-21(28)26(25(14-18)34-5-2)36-17-20-8-6-7-9-22(20)29/h6-11,13-16H,4-5,12,17H2,1-3H3,(H,31,32)/b30-16+. The lowest BCUT2D eigenvalue weighted by molar-refractivity contribution is 0.0954. The minimum atomic E-state index is -0.379. The molecule has 0 aliphatic carbocycles. The van der Waals surface area contributed by atoms with Crippen LogP contribution in [0.5, 0.6) is 23.0 Å². The van der Waals surface area contributed by atoms with E-state index in [1.54, 1.807) is 24.3 Å². The molecule has 0 unspecified atom stereocenters. The van der Waals surface area contributed by atoms with E-state index in [1.807, 2.05) is 44.2 Å². The Hall–Kier alpha value is -3.23. The Morgan fingerprint density at radius 2 is 1.83 bits per heavy atom. The third-order valence-corrected chi connectivity index (χ3v) is 5.89. The zero-order valence-electron chi connectivity index (χ0n) is 20.3. The topological polar surface area (TPSA) is 78.4 Å². The molecule has 0 saturated carbocycles. The highest BCUT2D eigenvalue weighted by atomic mass is 79.9. The van der Waals surface area contributed by atoms with Crippen LogP contribution in [0.1, 0.15) is 41.8 Å². The number of hydrazone groups is 1. The highest BCUT2D eigenvalue weighted by Gasteiger charge is 2.14. The summed E-state index contributed by atoms with van der Waals surface area (Å²) in [5, 5.41) is 4.72. The summed E-state index contributed by atoms with van der Waals surface area (Å²) in [6.45, 7) is 5.21. The summed E-state index contributed by atoms with van der Waals surface area (Å²) in [5.41, 5.74) is 4.50. The number of carbonyl (C=O) groups excluding carboxylic acids is 1. The molecular formula is C27H28BrClN2O5. The molecule has 1 amide bonds. The predicted octanol–water partition coefficient (Wildman–Crippen LogP) is 6.64. The Bertz CT molecular complexity index is 1220. The van der Waals surface area contributed by atoms with Gasteiger partial charge in [0, 0.05) is 16.1 Å². The third-order valence-electron chi connectivity index (χ3n) is 4.93. The van der Waals surface area contributed by atoms with Gasteiger partial charge in [0.05, 0.1) is 31.0 Å². The van der Waals surface area contributed by atoms with E-state index in [0.717, 1.165) is 12.0 Å². The lowest BCUT2D eigenvalue weighted by Gasteiger charge is -2.15. The van der Waals surface area contributed by atoms with Gasteiger partial charge in [-0.15, -0.1) is 0 Å². The molecule has 0 aromatic heterocycles. The largest absolute Gasteiger partial charge is 0.493 e. The number of benzene rings is 3. The molecule has 0 aliphatic heterocycles. The number of amides is 1. The molecule has 0 atom stereocenters. The van der Waals surface area contributed by atoms with Crippen molar-refractivity contribution in [3.05, 3.63) is 80.8 Å². The van der Waals surface area contributed by atoms with Crippen LogP contribution in [0.3, 0.4) is 0 Å². The lowest BCUT2D eigenvalue weighted by atomic mass is 10.2. The van der Waals surface area contributed by atoms with Crippen LogP contribution in [0.15, 0.2) is 64.2 Å². The maximum atomic E-state index is 12.6. The number of hydrogen-bond donors (Lipinski definition) is 1. The summed E-state index contributed by atoms with van der Waals surface area (Å²) in [6.07, 6.45) is 2.40. The van der Waals surface area contributed by atoms with Gasteiger partial charge in [-0.05, 0) is 71.2 Å². The molecule has 3 rings (SSSR count). The maximum absolute atomic E-state index is 12.6. The van der Waals surface area contributed by atoms with Gasteiger partial charge in [0.25, 0.3) is 5.91 Å². The van der Waals surface area contributed by atoms with Crippen molar-refractivity contribution in [2.45, 2.75) is 26.9 Å². The van der Waals surface area contributed by atoms with Crippen LogP contribution in [0.2, 0.25) is 5.02 Å². The van der Waals surface area contributed by atoms with Gasteiger partial charge in [-0.2, -0.15) is 5.10 Å². The Morgan fingerprint density at radius 1 is 1.03 bits per heavy atom. The van der Waals surface area contributed by atoms with E-state index in [4.69, 9.17) is 30.5 Å². The summed E-state index contributed by atoms with van der Waals surface area (Å²) in [5.74, 6) is 1.78. The predicted molar refractivity (Wildman–Crippen MR) is 145 cm³/mol. The molecule has 0 radical (unpaired) electrons.